The van der Waals surface area contributed by atoms with Gasteiger partial charge in [-0.3, -0.25) is 4.79 Å². The van der Waals surface area contributed by atoms with Gasteiger partial charge in [0.05, 0.1) is 6.54 Å². The van der Waals surface area contributed by atoms with E-state index in [0.29, 0.717) is 18.2 Å². The Balaban J connectivity index is 3.24. The molecule has 0 saturated heterocycles. The number of nitrogens with one attached hydrogen (secondary N) is 1. The zero-order valence-electron chi connectivity index (χ0n) is 13.8. The number of carbonyl (C=O) groups is 1. The molecule has 3 N–H and O–H groups in total. The molecule has 0 aliphatic rings. The molecule has 118 valence electrons. The summed E-state index contributed by atoms with van der Waals surface area (Å²) in [7, 11) is 3.49. The number of hydrazine groups is 1. The fourth-order valence-corrected chi connectivity index (χ4v) is 1.87. The molecule has 1 aromatic heterocycles. The molecular formula is C14H26N6O. The second-order valence-electron chi connectivity index (χ2n) is 5.48. The third kappa shape index (κ3) is 4.04. The number of anilines is 2. The number of nitrogen functional groups attached to an aromatic ring is 1. The van der Waals surface area contributed by atoms with E-state index in [2.05, 4.69) is 15.4 Å². The highest BCUT2D eigenvalue weighted by atomic mass is 16.2. The van der Waals surface area contributed by atoms with E-state index >= 15 is 0 Å². The first-order chi connectivity index (χ1) is 9.81. The van der Waals surface area contributed by atoms with Gasteiger partial charge >= 0.3 is 0 Å². The van der Waals surface area contributed by atoms with Crippen molar-refractivity contribution in [1.82, 2.24) is 14.9 Å². The van der Waals surface area contributed by atoms with Crippen molar-refractivity contribution in [3.05, 3.63) is 11.4 Å². The summed E-state index contributed by atoms with van der Waals surface area (Å²) in [6.45, 7) is 8.90. The van der Waals surface area contributed by atoms with Crippen LogP contribution in [0, 0.1) is 6.92 Å². The molecule has 1 rings (SSSR count). The number of rotatable bonds is 6. The average Bonchev–Trinajstić information content (AvgIpc) is 2.44. The van der Waals surface area contributed by atoms with Crippen LogP contribution in [0.15, 0.2) is 0 Å². The van der Waals surface area contributed by atoms with Crippen LogP contribution in [0.2, 0.25) is 0 Å². The van der Waals surface area contributed by atoms with Gasteiger partial charge in [0, 0.05) is 32.1 Å². The second kappa shape index (κ2) is 7.21. The molecule has 1 heterocycles. The summed E-state index contributed by atoms with van der Waals surface area (Å²) in [5.41, 5.74) is 3.46. The second-order valence-corrected chi connectivity index (χ2v) is 5.48. The van der Waals surface area contributed by atoms with Crippen molar-refractivity contribution in [2.45, 2.75) is 33.6 Å². The lowest BCUT2D eigenvalue weighted by molar-refractivity contribution is -0.127. The molecule has 0 spiro atoms. The van der Waals surface area contributed by atoms with Crippen molar-refractivity contribution < 1.29 is 4.79 Å². The summed E-state index contributed by atoms with van der Waals surface area (Å²) in [4.78, 5) is 24.5. The van der Waals surface area contributed by atoms with E-state index in [-0.39, 0.29) is 18.4 Å². The van der Waals surface area contributed by atoms with Crippen molar-refractivity contribution >= 4 is 17.5 Å². The van der Waals surface area contributed by atoms with E-state index in [1.54, 1.807) is 19.0 Å². The molecule has 7 nitrogen and oxygen atoms in total. The van der Waals surface area contributed by atoms with Crippen molar-refractivity contribution in [3.63, 3.8) is 0 Å². The van der Waals surface area contributed by atoms with Gasteiger partial charge in [-0.05, 0) is 13.8 Å². The molecule has 1 amide bonds. The fourth-order valence-electron chi connectivity index (χ4n) is 1.87. The summed E-state index contributed by atoms with van der Waals surface area (Å²) in [6, 6.07) is 0. The minimum atomic E-state index is 0.0308. The Hall–Kier alpha value is -1.89. The fraction of sp³-hybridized carbons (Fsp3) is 0.643. The first kappa shape index (κ1) is 17.2. The number of hydrogen-bond donors (Lipinski definition) is 2. The topological polar surface area (TPSA) is 87.4 Å². The summed E-state index contributed by atoms with van der Waals surface area (Å²) >= 11 is 0. The Morgan fingerprint density at radius 3 is 2.38 bits per heavy atom. The monoisotopic (exact) mass is 294 g/mol. The summed E-state index contributed by atoms with van der Waals surface area (Å²) < 4.78 is 0. The molecule has 7 heteroatoms. The number of nitrogens with two attached hydrogens (primary N) is 1. The molecule has 0 atom stereocenters. The molecule has 0 aliphatic heterocycles. The molecule has 0 bridgehead atoms. The zero-order valence-corrected chi connectivity index (χ0v) is 13.8. The minimum Gasteiger partial charge on any atom is -0.347 e. The molecule has 0 radical (unpaired) electrons. The van der Waals surface area contributed by atoms with Crippen LogP contribution in [0.3, 0.4) is 0 Å². The number of likely N-dealkylation sites (N-methyl/N-ethyl adjacent to an activating group) is 2. The number of carbonyl (C=O) groups excluding carboxylic acids is 1. The van der Waals surface area contributed by atoms with Crippen LogP contribution < -0.4 is 16.2 Å². The lowest BCUT2D eigenvalue weighted by atomic mass is 10.2. The Labute approximate surface area is 126 Å². The van der Waals surface area contributed by atoms with Crippen LogP contribution in [0.1, 0.15) is 38.1 Å². The zero-order chi connectivity index (χ0) is 16.2. The van der Waals surface area contributed by atoms with E-state index in [1.807, 2.05) is 32.6 Å². The molecular weight excluding hydrogens is 268 g/mol. The normalized spacial score (nSPS) is 10.7. The van der Waals surface area contributed by atoms with Crippen LogP contribution in [-0.2, 0) is 4.79 Å². The van der Waals surface area contributed by atoms with Gasteiger partial charge in [-0.15, -0.1) is 0 Å². The Morgan fingerprint density at radius 1 is 1.33 bits per heavy atom. The maximum Gasteiger partial charge on any atom is 0.241 e. The van der Waals surface area contributed by atoms with Crippen molar-refractivity contribution in [2.24, 2.45) is 5.84 Å². The first-order valence-corrected chi connectivity index (χ1v) is 7.12. The smallest absolute Gasteiger partial charge is 0.241 e. The maximum atomic E-state index is 12.0. The van der Waals surface area contributed by atoms with Gasteiger partial charge in [0.15, 0.2) is 0 Å². The Bertz CT molecular complexity index is 500. The van der Waals surface area contributed by atoms with Gasteiger partial charge in [0.25, 0.3) is 0 Å². The highest BCUT2D eigenvalue weighted by molar-refractivity contribution is 5.81. The van der Waals surface area contributed by atoms with E-state index in [0.717, 1.165) is 11.4 Å². The maximum absolute atomic E-state index is 12.0. The highest BCUT2D eigenvalue weighted by Crippen LogP contribution is 2.25. The van der Waals surface area contributed by atoms with Crippen LogP contribution in [0.5, 0.6) is 0 Å². The van der Waals surface area contributed by atoms with E-state index in [1.165, 1.54) is 0 Å². The number of amides is 1. The largest absolute Gasteiger partial charge is 0.347 e. The van der Waals surface area contributed by atoms with Gasteiger partial charge in [-0.2, -0.15) is 0 Å². The quantitative estimate of drug-likeness (QED) is 0.603. The third-order valence-corrected chi connectivity index (χ3v) is 3.30. The predicted molar refractivity (Wildman–Crippen MR) is 85.2 cm³/mol. The van der Waals surface area contributed by atoms with Crippen LogP contribution in [0.4, 0.5) is 11.6 Å². The minimum absolute atomic E-state index is 0.0308. The molecule has 1 aromatic rings. The lowest BCUT2D eigenvalue weighted by Crippen LogP contribution is -2.37. The van der Waals surface area contributed by atoms with Crippen LogP contribution >= 0.6 is 0 Å². The van der Waals surface area contributed by atoms with Crippen molar-refractivity contribution in [2.75, 3.05) is 37.5 Å². The molecule has 0 aliphatic carbocycles. The van der Waals surface area contributed by atoms with Crippen LogP contribution in [0.25, 0.3) is 0 Å². The molecule has 21 heavy (non-hydrogen) atoms. The molecule has 0 saturated carbocycles. The van der Waals surface area contributed by atoms with Gasteiger partial charge in [-0.25, -0.2) is 15.8 Å². The lowest BCUT2D eigenvalue weighted by Gasteiger charge is -2.26. The van der Waals surface area contributed by atoms with E-state index < -0.39 is 0 Å². The van der Waals surface area contributed by atoms with Gasteiger partial charge in [-0.1, -0.05) is 13.8 Å². The molecule has 0 fully saturated rings. The summed E-state index contributed by atoms with van der Waals surface area (Å²) in [5.74, 6) is 7.81. The number of hydrogen-bond acceptors (Lipinski definition) is 6. The van der Waals surface area contributed by atoms with E-state index in [9.17, 15) is 4.79 Å². The average molecular weight is 294 g/mol. The third-order valence-electron chi connectivity index (χ3n) is 3.30. The van der Waals surface area contributed by atoms with Gasteiger partial charge < -0.3 is 15.2 Å². The standard InChI is InChI=1S/C14H26N6O/c1-7-20(8-11(21)19(5)6)14-10(4)13(18-15)16-12(17-14)9(2)3/h9H,7-8,15H2,1-6H3,(H,16,17,18). The number of aromatic nitrogens is 2. The van der Waals surface area contributed by atoms with Crippen molar-refractivity contribution in [3.8, 4) is 0 Å². The molecule has 0 aromatic carbocycles. The highest BCUT2D eigenvalue weighted by Gasteiger charge is 2.19. The van der Waals surface area contributed by atoms with E-state index in [4.69, 9.17) is 5.84 Å². The summed E-state index contributed by atoms with van der Waals surface area (Å²) in [5, 5.41) is 0. The van der Waals surface area contributed by atoms with Crippen LogP contribution in [-0.4, -0.2) is 48.0 Å². The summed E-state index contributed by atoms with van der Waals surface area (Å²) in [6.07, 6.45) is 0. The molecule has 0 unspecified atom stereocenters. The van der Waals surface area contributed by atoms with Gasteiger partial charge in [0.2, 0.25) is 5.91 Å². The predicted octanol–water partition coefficient (Wildman–Crippen LogP) is 1.11. The Morgan fingerprint density at radius 2 is 1.95 bits per heavy atom. The Kier molecular flexibility index (Phi) is 5.90. The van der Waals surface area contributed by atoms with Gasteiger partial charge in [0.1, 0.15) is 17.5 Å². The SMILES string of the molecule is CCN(CC(=O)N(C)C)c1nc(C(C)C)nc(NN)c1C. The number of nitrogens with zero attached hydrogens (tertiary/aromatic N) is 4. The van der Waals surface area contributed by atoms with Crippen molar-refractivity contribution in [1.29, 1.82) is 0 Å². The first-order valence-electron chi connectivity index (χ1n) is 7.12.